The van der Waals surface area contributed by atoms with Gasteiger partial charge in [0, 0.05) is 84.6 Å². The first-order valence-corrected chi connectivity index (χ1v) is 19.4. The Hall–Kier alpha value is -4.26. The fourth-order valence-corrected chi connectivity index (χ4v) is 8.10. The van der Waals surface area contributed by atoms with Crippen molar-refractivity contribution in [2.24, 2.45) is 0 Å². The van der Waals surface area contributed by atoms with E-state index in [-0.39, 0.29) is 17.6 Å². The molecule has 0 aliphatic carbocycles. The van der Waals surface area contributed by atoms with E-state index in [2.05, 4.69) is 20.4 Å². The Morgan fingerprint density at radius 2 is 1.33 bits per heavy atom. The maximum atomic E-state index is 13.1. The molecule has 4 aromatic carbocycles. The van der Waals surface area contributed by atoms with Crippen LogP contribution in [0.3, 0.4) is 0 Å². The lowest BCUT2D eigenvalue weighted by molar-refractivity contribution is 0.101. The molecule has 0 radical (unpaired) electrons. The molecule has 51 heavy (non-hydrogen) atoms. The van der Waals surface area contributed by atoms with E-state index in [1.54, 1.807) is 34.6 Å². The first-order valence-electron chi connectivity index (χ1n) is 17.4. The van der Waals surface area contributed by atoms with Gasteiger partial charge in [0.15, 0.2) is 0 Å². The van der Waals surface area contributed by atoms with Crippen molar-refractivity contribution in [2.45, 2.75) is 26.3 Å². The van der Waals surface area contributed by atoms with E-state index in [4.69, 9.17) is 16.3 Å². The molecule has 6 rings (SSSR count). The number of piperazine rings is 1. The average Bonchev–Trinajstić information content (AvgIpc) is 3.16. The zero-order valence-electron chi connectivity index (χ0n) is 28.8. The summed E-state index contributed by atoms with van der Waals surface area (Å²) in [6.07, 6.45) is 1.55. The van der Waals surface area contributed by atoms with Crippen LogP contribution in [-0.2, 0) is 21.3 Å². The number of anilines is 3. The number of morpholine rings is 1. The van der Waals surface area contributed by atoms with Gasteiger partial charge in [-0.05, 0) is 84.3 Å². The number of ether oxygens (including phenoxy) is 1. The van der Waals surface area contributed by atoms with Crippen LogP contribution >= 0.6 is 11.6 Å². The molecule has 2 amide bonds. The molecule has 10 nitrogen and oxygen atoms in total. The van der Waals surface area contributed by atoms with Gasteiger partial charge in [0.1, 0.15) is 0 Å². The number of carbonyl (C=O) groups is 2. The summed E-state index contributed by atoms with van der Waals surface area (Å²) < 4.78 is 32.1. The first-order chi connectivity index (χ1) is 24.7. The van der Waals surface area contributed by atoms with Crippen molar-refractivity contribution in [3.8, 4) is 11.1 Å². The number of benzene rings is 4. The van der Waals surface area contributed by atoms with E-state index in [1.165, 1.54) is 0 Å². The van der Waals surface area contributed by atoms with Gasteiger partial charge in [-0.2, -0.15) is 4.31 Å². The first kappa shape index (κ1) is 36.5. The van der Waals surface area contributed by atoms with Gasteiger partial charge in [0.05, 0.1) is 19.0 Å². The molecule has 2 N–H and O–H groups in total. The Morgan fingerprint density at radius 1 is 0.745 bits per heavy atom. The molecule has 2 heterocycles. The molecule has 12 heteroatoms. The number of hydrogen-bond donors (Lipinski definition) is 2. The van der Waals surface area contributed by atoms with Gasteiger partial charge in [-0.25, -0.2) is 8.42 Å². The van der Waals surface area contributed by atoms with Crippen molar-refractivity contribution in [2.75, 3.05) is 73.8 Å². The summed E-state index contributed by atoms with van der Waals surface area (Å²) in [4.78, 5) is 30.7. The second kappa shape index (κ2) is 16.8. The standard InChI is InChI=1S/C39H44ClN5O5S/c1-2-3-26-51(48,49)45-20-18-43(19-21-45)28-29-4-11-33(12-5-29)41-38(46)31-8-6-30(7-9-31)36-27-32(10-17-37(36)40)39(47)42-34-13-15-35(16-14-34)44-22-24-50-25-23-44/h4-17,27H,2-3,18-26,28H2,1H3,(H,41,46)(H,42,47). The summed E-state index contributed by atoms with van der Waals surface area (Å²) in [6, 6.07) is 27.8. The number of amides is 2. The summed E-state index contributed by atoms with van der Waals surface area (Å²) in [6.45, 7) is 8.22. The molecule has 0 saturated carbocycles. The van der Waals surface area contributed by atoms with Crippen molar-refractivity contribution in [1.82, 2.24) is 9.21 Å². The van der Waals surface area contributed by atoms with Crippen molar-refractivity contribution < 1.29 is 22.7 Å². The quantitative estimate of drug-likeness (QED) is 0.169. The third-order valence-corrected chi connectivity index (χ3v) is 11.6. The number of carbonyl (C=O) groups excluding carboxylic acids is 2. The molecule has 0 atom stereocenters. The molecular weight excluding hydrogens is 686 g/mol. The Labute approximate surface area is 305 Å². The van der Waals surface area contributed by atoms with Crippen LogP contribution in [0.2, 0.25) is 5.02 Å². The van der Waals surface area contributed by atoms with Gasteiger partial charge in [-0.15, -0.1) is 0 Å². The molecule has 0 spiro atoms. The van der Waals surface area contributed by atoms with E-state index in [0.717, 1.165) is 36.3 Å². The molecule has 4 aromatic rings. The van der Waals surface area contributed by atoms with Crippen LogP contribution < -0.4 is 15.5 Å². The predicted octanol–water partition coefficient (Wildman–Crippen LogP) is 6.60. The van der Waals surface area contributed by atoms with Crippen molar-refractivity contribution in [3.05, 3.63) is 113 Å². The minimum Gasteiger partial charge on any atom is -0.378 e. The Balaban J connectivity index is 1.01. The lowest BCUT2D eigenvalue weighted by Crippen LogP contribution is -2.48. The summed E-state index contributed by atoms with van der Waals surface area (Å²) >= 11 is 6.56. The average molecular weight is 730 g/mol. The highest BCUT2D eigenvalue weighted by Gasteiger charge is 2.26. The van der Waals surface area contributed by atoms with Gasteiger partial charge in [0.25, 0.3) is 11.8 Å². The van der Waals surface area contributed by atoms with Gasteiger partial charge in [-0.1, -0.05) is 49.2 Å². The van der Waals surface area contributed by atoms with Crippen LogP contribution in [0.4, 0.5) is 17.1 Å². The Morgan fingerprint density at radius 3 is 1.96 bits per heavy atom. The molecule has 2 aliphatic heterocycles. The normalized spacial score (nSPS) is 15.8. The third-order valence-electron chi connectivity index (χ3n) is 9.29. The largest absolute Gasteiger partial charge is 0.378 e. The molecule has 2 fully saturated rings. The van der Waals surface area contributed by atoms with Crippen LogP contribution in [0.15, 0.2) is 91.0 Å². The number of nitrogens with one attached hydrogen (secondary N) is 2. The number of rotatable bonds is 12. The fraction of sp³-hybridized carbons (Fsp3) is 0.333. The highest BCUT2D eigenvalue weighted by Crippen LogP contribution is 2.30. The summed E-state index contributed by atoms with van der Waals surface area (Å²) in [5.41, 5.74) is 5.99. The Kier molecular flexibility index (Phi) is 12.1. The fourth-order valence-electron chi connectivity index (χ4n) is 6.25. The smallest absolute Gasteiger partial charge is 0.255 e. The minimum absolute atomic E-state index is 0.219. The van der Waals surface area contributed by atoms with Crippen LogP contribution in [0.25, 0.3) is 11.1 Å². The summed E-state index contributed by atoms with van der Waals surface area (Å²) in [5, 5.41) is 6.42. The minimum atomic E-state index is -3.18. The number of hydrogen-bond acceptors (Lipinski definition) is 7. The topological polar surface area (TPSA) is 111 Å². The van der Waals surface area contributed by atoms with Gasteiger partial charge in [0.2, 0.25) is 10.0 Å². The molecule has 268 valence electrons. The van der Waals surface area contributed by atoms with E-state index in [1.807, 2.05) is 67.6 Å². The zero-order chi connectivity index (χ0) is 35.8. The third kappa shape index (κ3) is 9.55. The molecule has 0 bridgehead atoms. The van der Waals surface area contributed by atoms with Crippen LogP contribution in [0.1, 0.15) is 46.0 Å². The number of nitrogens with zero attached hydrogens (tertiary/aromatic N) is 3. The highest BCUT2D eigenvalue weighted by molar-refractivity contribution is 7.89. The van der Waals surface area contributed by atoms with E-state index in [9.17, 15) is 18.0 Å². The number of halogens is 1. The lowest BCUT2D eigenvalue weighted by Gasteiger charge is -2.34. The molecular formula is C39H44ClN5O5S. The number of sulfonamides is 1. The van der Waals surface area contributed by atoms with Crippen molar-refractivity contribution >= 4 is 50.5 Å². The van der Waals surface area contributed by atoms with Gasteiger partial charge < -0.3 is 20.3 Å². The molecule has 2 saturated heterocycles. The molecule has 0 unspecified atom stereocenters. The number of unbranched alkanes of at least 4 members (excludes halogenated alkanes) is 1. The van der Waals surface area contributed by atoms with E-state index >= 15 is 0 Å². The van der Waals surface area contributed by atoms with Gasteiger partial charge >= 0.3 is 0 Å². The van der Waals surface area contributed by atoms with Crippen LogP contribution in [0, 0.1) is 0 Å². The van der Waals surface area contributed by atoms with E-state index < -0.39 is 10.0 Å². The lowest BCUT2D eigenvalue weighted by atomic mass is 10.0. The zero-order valence-corrected chi connectivity index (χ0v) is 30.4. The SMILES string of the molecule is CCCCS(=O)(=O)N1CCN(Cc2ccc(NC(=O)c3ccc(-c4cc(C(=O)Nc5ccc(N6CCOCC6)cc5)ccc4Cl)cc3)cc2)CC1. The summed E-state index contributed by atoms with van der Waals surface area (Å²) in [5.74, 6) is -0.269. The highest BCUT2D eigenvalue weighted by atomic mass is 35.5. The van der Waals surface area contributed by atoms with Crippen molar-refractivity contribution in [3.63, 3.8) is 0 Å². The maximum Gasteiger partial charge on any atom is 0.255 e. The second-order valence-corrected chi connectivity index (χ2v) is 15.4. The molecule has 0 aromatic heterocycles. The van der Waals surface area contributed by atoms with Crippen LogP contribution in [0.5, 0.6) is 0 Å². The maximum absolute atomic E-state index is 13.1. The predicted molar refractivity (Wildman–Crippen MR) is 204 cm³/mol. The van der Waals surface area contributed by atoms with E-state index in [0.29, 0.717) is 85.4 Å². The molecule has 2 aliphatic rings. The Bertz CT molecular complexity index is 1910. The monoisotopic (exact) mass is 729 g/mol. The van der Waals surface area contributed by atoms with Crippen LogP contribution in [-0.4, -0.2) is 87.7 Å². The second-order valence-electron chi connectivity index (χ2n) is 12.9. The van der Waals surface area contributed by atoms with Crippen molar-refractivity contribution in [1.29, 1.82) is 0 Å². The summed E-state index contributed by atoms with van der Waals surface area (Å²) in [7, 11) is -3.18. The van der Waals surface area contributed by atoms with Gasteiger partial charge in [-0.3, -0.25) is 14.5 Å².